The van der Waals surface area contributed by atoms with Crippen LogP contribution in [0.15, 0.2) is 47.7 Å². The lowest BCUT2D eigenvalue weighted by atomic mass is 9.73. The molecule has 1 atom stereocenters. The summed E-state index contributed by atoms with van der Waals surface area (Å²) in [6.07, 6.45) is 1.20. The molecule has 2 aliphatic heterocycles. The summed E-state index contributed by atoms with van der Waals surface area (Å²) in [6.45, 7) is 4.38. The van der Waals surface area contributed by atoms with Crippen molar-refractivity contribution in [2.75, 3.05) is 12.1 Å². The number of benzene rings is 2. The van der Waals surface area contributed by atoms with Crippen molar-refractivity contribution in [3.05, 3.63) is 63.3 Å². The summed E-state index contributed by atoms with van der Waals surface area (Å²) in [4.78, 5) is 18.1. The highest BCUT2D eigenvalue weighted by atomic mass is 35.5. The van der Waals surface area contributed by atoms with Crippen LogP contribution in [-0.2, 0) is 4.79 Å². The van der Waals surface area contributed by atoms with Crippen LogP contribution < -0.4 is 14.8 Å². The molecular weight excluding hydrogens is 463 g/mol. The predicted octanol–water partition coefficient (Wildman–Crippen LogP) is 5.64. The molecule has 0 saturated heterocycles. The molecule has 33 heavy (non-hydrogen) atoms. The Labute approximate surface area is 200 Å². The molecule has 9 heteroatoms. The third kappa shape index (κ3) is 3.38. The van der Waals surface area contributed by atoms with E-state index < -0.39 is 6.04 Å². The minimum atomic E-state index is -0.443. The summed E-state index contributed by atoms with van der Waals surface area (Å²) >= 11 is 12.5. The minimum Gasteiger partial charge on any atom is -0.454 e. The maximum atomic E-state index is 13.4. The van der Waals surface area contributed by atoms with Crippen LogP contribution in [0, 0.1) is 5.41 Å². The largest absolute Gasteiger partial charge is 0.454 e. The molecule has 0 spiro atoms. The van der Waals surface area contributed by atoms with E-state index in [1.807, 2.05) is 18.2 Å². The van der Waals surface area contributed by atoms with E-state index in [9.17, 15) is 4.79 Å². The number of carbonyl (C=O) groups is 1. The van der Waals surface area contributed by atoms with Crippen LogP contribution in [-0.4, -0.2) is 27.3 Å². The maximum Gasteiger partial charge on any atom is 0.231 e. The molecule has 0 bridgehead atoms. The standard InChI is InChI=1S/C24H20Cl2N4O3/c1-24(2)9-16-20(17(31)10-24)21(12-3-6-18-19(7-12)33-11-32-18)30-23(27-16)28-22(29-30)14-5-4-13(25)8-15(14)26/h3-8,21H,9-11H2,1-2H3,(H,27,28,29). The van der Waals surface area contributed by atoms with Crippen molar-refractivity contribution in [2.45, 2.75) is 32.7 Å². The Morgan fingerprint density at radius 1 is 1.09 bits per heavy atom. The predicted molar refractivity (Wildman–Crippen MR) is 125 cm³/mol. The van der Waals surface area contributed by atoms with Gasteiger partial charge in [0.25, 0.3) is 0 Å². The van der Waals surface area contributed by atoms with E-state index in [4.69, 9.17) is 42.8 Å². The fourth-order valence-corrected chi connectivity index (χ4v) is 5.28. The smallest absolute Gasteiger partial charge is 0.231 e. The molecular formula is C24H20Cl2N4O3. The third-order valence-electron chi connectivity index (χ3n) is 6.22. The zero-order valence-corrected chi connectivity index (χ0v) is 19.5. The number of hydrogen-bond donors (Lipinski definition) is 1. The number of carbonyl (C=O) groups excluding carboxylic acids is 1. The number of allylic oxidation sites excluding steroid dienone is 2. The second-order valence-corrected chi connectivity index (χ2v) is 10.1. The van der Waals surface area contributed by atoms with Crippen molar-refractivity contribution in [1.29, 1.82) is 0 Å². The van der Waals surface area contributed by atoms with E-state index in [0.717, 1.165) is 17.7 Å². The van der Waals surface area contributed by atoms with E-state index in [0.29, 0.717) is 50.9 Å². The number of nitrogens with one attached hydrogen (secondary N) is 1. The number of aromatic nitrogens is 3. The highest BCUT2D eigenvalue weighted by Gasteiger charge is 2.42. The Kier molecular flexibility index (Phi) is 4.51. The number of hydrogen-bond acceptors (Lipinski definition) is 6. The highest BCUT2D eigenvalue weighted by molar-refractivity contribution is 6.36. The Hall–Kier alpha value is -3.03. The van der Waals surface area contributed by atoms with Crippen LogP contribution in [0.1, 0.15) is 38.3 Å². The van der Waals surface area contributed by atoms with Crippen LogP contribution in [0.2, 0.25) is 10.0 Å². The number of anilines is 1. The van der Waals surface area contributed by atoms with Crippen molar-refractivity contribution in [3.8, 4) is 22.9 Å². The van der Waals surface area contributed by atoms with Gasteiger partial charge in [-0.3, -0.25) is 4.79 Å². The van der Waals surface area contributed by atoms with Crippen molar-refractivity contribution in [1.82, 2.24) is 14.8 Å². The molecule has 6 rings (SSSR count). The van der Waals surface area contributed by atoms with Gasteiger partial charge in [-0.2, -0.15) is 4.98 Å². The lowest BCUT2D eigenvalue weighted by Gasteiger charge is -2.38. The second-order valence-electron chi connectivity index (χ2n) is 9.30. The van der Waals surface area contributed by atoms with Crippen LogP contribution >= 0.6 is 23.2 Å². The van der Waals surface area contributed by atoms with Gasteiger partial charge in [0.2, 0.25) is 12.7 Å². The SMILES string of the molecule is CC1(C)CC(=O)C2=C(C1)Nc1nc(-c3ccc(Cl)cc3Cl)nn1C2c1ccc2c(c1)OCO2. The molecule has 3 heterocycles. The van der Waals surface area contributed by atoms with Crippen LogP contribution in [0.25, 0.3) is 11.4 Å². The molecule has 1 aliphatic carbocycles. The summed E-state index contributed by atoms with van der Waals surface area (Å²) < 4.78 is 12.8. The first-order valence-corrected chi connectivity index (χ1v) is 11.4. The average Bonchev–Trinajstić information content (AvgIpc) is 3.37. The van der Waals surface area contributed by atoms with Gasteiger partial charge in [-0.15, -0.1) is 5.10 Å². The maximum absolute atomic E-state index is 13.4. The first kappa shape index (κ1) is 20.6. The number of ketones is 1. The number of rotatable bonds is 2. The Morgan fingerprint density at radius 2 is 1.91 bits per heavy atom. The molecule has 0 amide bonds. The van der Waals surface area contributed by atoms with Gasteiger partial charge in [0, 0.05) is 28.3 Å². The quantitative estimate of drug-likeness (QED) is 0.509. The first-order chi connectivity index (χ1) is 15.8. The van der Waals surface area contributed by atoms with Crippen molar-refractivity contribution in [3.63, 3.8) is 0 Å². The summed E-state index contributed by atoms with van der Waals surface area (Å²) in [5, 5.41) is 9.16. The normalized spacial score (nSPS) is 20.4. The molecule has 2 aromatic carbocycles. The number of ether oxygens (including phenoxy) is 2. The number of halogens is 2. The Balaban J connectivity index is 1.53. The fraction of sp³-hybridized carbons (Fsp3) is 0.292. The minimum absolute atomic E-state index is 0.101. The van der Waals surface area contributed by atoms with Crippen molar-refractivity contribution in [2.24, 2.45) is 5.41 Å². The van der Waals surface area contributed by atoms with Gasteiger partial charge in [-0.1, -0.05) is 43.1 Å². The summed E-state index contributed by atoms with van der Waals surface area (Å²) in [7, 11) is 0. The molecule has 168 valence electrons. The summed E-state index contributed by atoms with van der Waals surface area (Å²) in [6, 6.07) is 10.5. The lowest BCUT2D eigenvalue weighted by Crippen LogP contribution is -2.36. The van der Waals surface area contributed by atoms with E-state index in [-0.39, 0.29) is 18.0 Å². The molecule has 1 aromatic heterocycles. The molecule has 7 nitrogen and oxygen atoms in total. The van der Waals surface area contributed by atoms with Gasteiger partial charge in [0.1, 0.15) is 6.04 Å². The van der Waals surface area contributed by atoms with Crippen LogP contribution in [0.3, 0.4) is 0 Å². The molecule has 3 aromatic rings. The molecule has 1 N–H and O–H groups in total. The fourth-order valence-electron chi connectivity index (χ4n) is 4.79. The number of nitrogens with zero attached hydrogens (tertiary/aromatic N) is 3. The van der Waals surface area contributed by atoms with Gasteiger partial charge in [-0.05, 0) is 47.7 Å². The van der Waals surface area contributed by atoms with Crippen molar-refractivity contribution < 1.29 is 14.3 Å². The molecule has 0 radical (unpaired) electrons. The topological polar surface area (TPSA) is 78.3 Å². The molecule has 3 aliphatic rings. The molecule has 0 fully saturated rings. The Bertz CT molecular complexity index is 1360. The van der Waals surface area contributed by atoms with Gasteiger partial charge in [0.05, 0.1) is 5.02 Å². The summed E-state index contributed by atoms with van der Waals surface area (Å²) in [5.41, 5.74) is 2.99. The van der Waals surface area contributed by atoms with Crippen LogP contribution in [0.5, 0.6) is 11.5 Å². The average molecular weight is 483 g/mol. The van der Waals surface area contributed by atoms with Gasteiger partial charge < -0.3 is 14.8 Å². The number of fused-ring (bicyclic) bond motifs is 2. The highest BCUT2D eigenvalue weighted by Crippen LogP contribution is 2.47. The molecule has 0 saturated carbocycles. The zero-order valence-electron chi connectivity index (χ0n) is 18.0. The van der Waals surface area contributed by atoms with Gasteiger partial charge >= 0.3 is 0 Å². The van der Waals surface area contributed by atoms with E-state index in [2.05, 4.69) is 19.2 Å². The summed E-state index contributed by atoms with van der Waals surface area (Å²) in [5.74, 6) is 2.45. The van der Waals surface area contributed by atoms with E-state index >= 15 is 0 Å². The van der Waals surface area contributed by atoms with E-state index in [1.165, 1.54) is 0 Å². The lowest BCUT2D eigenvalue weighted by molar-refractivity contribution is -0.118. The first-order valence-electron chi connectivity index (χ1n) is 10.6. The monoisotopic (exact) mass is 482 g/mol. The van der Waals surface area contributed by atoms with Gasteiger partial charge in [-0.25, -0.2) is 4.68 Å². The van der Waals surface area contributed by atoms with Gasteiger partial charge in [0.15, 0.2) is 23.1 Å². The molecule has 1 unspecified atom stereocenters. The van der Waals surface area contributed by atoms with E-state index in [1.54, 1.807) is 22.9 Å². The second kappa shape index (κ2) is 7.23. The Morgan fingerprint density at radius 3 is 2.73 bits per heavy atom. The number of Topliss-reactive ketones (excluding diaryl/α,β-unsaturated/α-hetero) is 1. The van der Waals surface area contributed by atoms with Crippen molar-refractivity contribution >= 4 is 34.9 Å². The zero-order chi connectivity index (χ0) is 22.9. The van der Waals surface area contributed by atoms with Crippen LogP contribution in [0.4, 0.5) is 5.95 Å². The third-order valence-corrected chi connectivity index (χ3v) is 6.76.